The molecule has 0 saturated carbocycles. The molecular weight excluding hydrogens is 328 g/mol. The highest BCUT2D eigenvalue weighted by molar-refractivity contribution is 8.03. The molecule has 0 saturated heterocycles. The molecule has 0 atom stereocenters. The number of carbonyl (C=O) groups excluding carboxylic acids is 1. The third-order valence-corrected chi connectivity index (χ3v) is 5.18. The van der Waals surface area contributed by atoms with Gasteiger partial charge in [-0.25, -0.2) is 0 Å². The third-order valence-electron chi connectivity index (χ3n) is 4.07. The predicted octanol–water partition coefficient (Wildman–Crippen LogP) is 4.81. The van der Waals surface area contributed by atoms with Crippen LogP contribution < -0.4 is 9.80 Å². The molecule has 0 amide bonds. The number of rotatable bonds is 5. The van der Waals surface area contributed by atoms with Crippen LogP contribution in [-0.2, 0) is 4.79 Å². The molecule has 2 aromatic rings. The summed E-state index contributed by atoms with van der Waals surface area (Å²) in [6, 6.07) is 16.4. The number of fused-ring (bicyclic) bond motifs is 1. The fourth-order valence-electron chi connectivity index (χ4n) is 2.72. The molecule has 0 aromatic heterocycles. The Hall–Kier alpha value is -2.46. The van der Waals surface area contributed by atoms with Gasteiger partial charge in [-0.15, -0.1) is 0 Å². The molecular formula is C21H22N2OS. The Bertz CT molecular complexity index is 822. The Balaban J connectivity index is 1.72. The molecule has 0 aliphatic carbocycles. The fourth-order valence-corrected chi connectivity index (χ4v) is 3.89. The smallest absolute Gasteiger partial charge is 0.181 e. The maximum Gasteiger partial charge on any atom is 0.181 e. The van der Waals surface area contributed by atoms with Gasteiger partial charge in [-0.1, -0.05) is 42.1 Å². The van der Waals surface area contributed by atoms with Gasteiger partial charge in [0, 0.05) is 37.3 Å². The highest BCUT2D eigenvalue weighted by Crippen LogP contribution is 2.45. The van der Waals surface area contributed by atoms with Crippen molar-refractivity contribution < 1.29 is 4.79 Å². The summed E-state index contributed by atoms with van der Waals surface area (Å²) in [5.41, 5.74) is 3.34. The van der Waals surface area contributed by atoms with Gasteiger partial charge in [-0.2, -0.15) is 0 Å². The maximum atomic E-state index is 12.3. The van der Waals surface area contributed by atoms with Gasteiger partial charge in [0.05, 0.1) is 10.7 Å². The topological polar surface area (TPSA) is 23.6 Å². The molecule has 2 aromatic carbocycles. The van der Waals surface area contributed by atoms with Gasteiger partial charge in [-0.3, -0.25) is 4.79 Å². The predicted molar refractivity (Wildman–Crippen MR) is 108 cm³/mol. The van der Waals surface area contributed by atoms with E-state index >= 15 is 0 Å². The maximum absolute atomic E-state index is 12.3. The number of thioether (sulfide) groups is 1. The molecule has 0 spiro atoms. The van der Waals surface area contributed by atoms with Gasteiger partial charge in [0.2, 0.25) is 0 Å². The molecule has 0 fully saturated rings. The standard InChI is InChI=1S/C21H22N2OS/c1-4-23-19-7-5-6-8-20(19)25-21(23)15-18(24)14-11-16-9-12-17(13-10-16)22(2)3/h5-15H,4H2,1-3H3. The average molecular weight is 350 g/mol. The van der Waals surface area contributed by atoms with Crippen molar-refractivity contribution >= 4 is 35.0 Å². The molecule has 0 radical (unpaired) electrons. The van der Waals surface area contributed by atoms with Gasteiger partial charge in [-0.05, 0) is 42.8 Å². The Morgan fingerprint density at radius 3 is 2.52 bits per heavy atom. The largest absolute Gasteiger partial charge is 0.378 e. The van der Waals surface area contributed by atoms with Crippen LogP contribution >= 0.6 is 11.8 Å². The van der Waals surface area contributed by atoms with Crippen LogP contribution in [-0.4, -0.2) is 26.4 Å². The first-order chi connectivity index (χ1) is 12.1. The van der Waals surface area contributed by atoms with Crippen LogP contribution in [0.4, 0.5) is 11.4 Å². The summed E-state index contributed by atoms with van der Waals surface area (Å²) in [5, 5.41) is 0.987. The van der Waals surface area contributed by atoms with E-state index in [1.54, 1.807) is 23.9 Å². The second-order valence-corrected chi connectivity index (χ2v) is 7.08. The Morgan fingerprint density at radius 2 is 1.84 bits per heavy atom. The van der Waals surface area contributed by atoms with Crippen LogP contribution in [0.2, 0.25) is 0 Å². The minimum Gasteiger partial charge on any atom is -0.378 e. The Kier molecular flexibility index (Phi) is 5.29. The highest BCUT2D eigenvalue weighted by Gasteiger charge is 2.23. The summed E-state index contributed by atoms with van der Waals surface area (Å²) in [7, 11) is 4.02. The number of carbonyl (C=O) groups is 1. The lowest BCUT2D eigenvalue weighted by atomic mass is 10.1. The number of nitrogens with zero attached hydrogens (tertiary/aromatic N) is 2. The van der Waals surface area contributed by atoms with Crippen molar-refractivity contribution in [3.05, 3.63) is 71.3 Å². The van der Waals surface area contributed by atoms with Gasteiger partial charge in [0.15, 0.2) is 5.78 Å². The van der Waals surface area contributed by atoms with E-state index in [0.29, 0.717) is 0 Å². The average Bonchev–Trinajstić information content (AvgIpc) is 2.97. The van der Waals surface area contributed by atoms with Crippen LogP contribution in [0.5, 0.6) is 0 Å². The number of benzene rings is 2. The van der Waals surface area contributed by atoms with Crippen LogP contribution in [0.1, 0.15) is 12.5 Å². The molecule has 4 heteroatoms. The number of allylic oxidation sites excluding steroid dienone is 2. The number of hydrogen-bond acceptors (Lipinski definition) is 4. The molecule has 1 aliphatic heterocycles. The van der Waals surface area contributed by atoms with Crippen molar-refractivity contribution in [3.8, 4) is 0 Å². The van der Waals surface area contributed by atoms with Gasteiger partial charge in [0.25, 0.3) is 0 Å². The quantitative estimate of drug-likeness (QED) is 0.722. The first-order valence-corrected chi connectivity index (χ1v) is 9.15. The molecule has 1 aliphatic rings. The van der Waals surface area contributed by atoms with Crippen LogP contribution in [0.25, 0.3) is 6.08 Å². The van der Waals surface area contributed by atoms with E-state index < -0.39 is 0 Å². The van der Waals surface area contributed by atoms with Crippen molar-refractivity contribution in [2.24, 2.45) is 0 Å². The summed E-state index contributed by atoms with van der Waals surface area (Å²) in [6.45, 7) is 2.95. The minimum atomic E-state index is 0.00504. The third kappa shape index (κ3) is 3.97. The molecule has 3 nitrogen and oxygen atoms in total. The van der Waals surface area contributed by atoms with E-state index in [9.17, 15) is 4.79 Å². The lowest BCUT2D eigenvalue weighted by Gasteiger charge is -2.17. The van der Waals surface area contributed by atoms with Crippen molar-refractivity contribution in [1.82, 2.24) is 0 Å². The number of ketones is 1. The molecule has 3 rings (SSSR count). The van der Waals surface area contributed by atoms with Crippen molar-refractivity contribution in [3.63, 3.8) is 0 Å². The van der Waals surface area contributed by atoms with E-state index in [4.69, 9.17) is 0 Å². The molecule has 1 heterocycles. The van der Waals surface area contributed by atoms with E-state index in [1.165, 1.54) is 10.6 Å². The molecule has 25 heavy (non-hydrogen) atoms. The number of anilines is 2. The zero-order valence-electron chi connectivity index (χ0n) is 14.8. The summed E-state index contributed by atoms with van der Waals surface area (Å²) < 4.78 is 0. The Labute approximate surface area is 153 Å². The Morgan fingerprint density at radius 1 is 1.12 bits per heavy atom. The second-order valence-electron chi connectivity index (χ2n) is 6.02. The normalized spacial score (nSPS) is 15.0. The van der Waals surface area contributed by atoms with Gasteiger partial charge >= 0.3 is 0 Å². The number of para-hydroxylation sites is 1. The number of hydrogen-bond donors (Lipinski definition) is 0. The summed E-state index contributed by atoms with van der Waals surface area (Å²) in [5.74, 6) is 0.00504. The molecule has 0 bridgehead atoms. The lowest BCUT2D eigenvalue weighted by Crippen LogP contribution is -2.17. The van der Waals surface area contributed by atoms with Gasteiger partial charge in [0.1, 0.15) is 0 Å². The van der Waals surface area contributed by atoms with E-state index in [2.05, 4.69) is 28.9 Å². The van der Waals surface area contributed by atoms with Crippen molar-refractivity contribution in [2.75, 3.05) is 30.4 Å². The van der Waals surface area contributed by atoms with Crippen LogP contribution in [0.3, 0.4) is 0 Å². The van der Waals surface area contributed by atoms with Gasteiger partial charge < -0.3 is 9.80 Å². The summed E-state index contributed by atoms with van der Waals surface area (Å²) in [6.07, 6.45) is 5.22. The van der Waals surface area contributed by atoms with E-state index in [0.717, 1.165) is 22.8 Å². The molecule has 0 N–H and O–H groups in total. The molecule has 0 unspecified atom stereocenters. The monoisotopic (exact) mass is 350 g/mol. The zero-order chi connectivity index (χ0) is 17.8. The zero-order valence-corrected chi connectivity index (χ0v) is 15.6. The molecule has 128 valence electrons. The second kappa shape index (κ2) is 7.62. The first kappa shape index (κ1) is 17.4. The van der Waals surface area contributed by atoms with E-state index in [-0.39, 0.29) is 5.78 Å². The summed E-state index contributed by atoms with van der Waals surface area (Å²) >= 11 is 1.65. The first-order valence-electron chi connectivity index (χ1n) is 8.34. The minimum absolute atomic E-state index is 0.00504. The van der Waals surface area contributed by atoms with Crippen molar-refractivity contribution in [1.29, 1.82) is 0 Å². The van der Waals surface area contributed by atoms with Crippen molar-refractivity contribution in [2.45, 2.75) is 11.8 Å². The SMILES string of the molecule is CCN1C(=CC(=O)C=Cc2ccc(N(C)C)cc2)Sc2ccccc21. The summed E-state index contributed by atoms with van der Waals surface area (Å²) in [4.78, 5) is 17.8. The van der Waals surface area contributed by atoms with Crippen LogP contribution in [0.15, 0.2) is 70.6 Å². The fraction of sp³-hybridized carbons (Fsp3) is 0.190. The van der Waals surface area contributed by atoms with Crippen LogP contribution in [0, 0.1) is 0 Å². The highest BCUT2D eigenvalue weighted by atomic mass is 32.2. The lowest BCUT2D eigenvalue weighted by molar-refractivity contribution is -0.110. The van der Waals surface area contributed by atoms with E-state index in [1.807, 2.05) is 56.6 Å².